The Bertz CT molecular complexity index is 320. The lowest BCUT2D eigenvalue weighted by molar-refractivity contribution is 0.427. The van der Waals surface area contributed by atoms with Crippen LogP contribution in [0.25, 0.3) is 0 Å². The lowest BCUT2D eigenvalue weighted by Crippen LogP contribution is -2.14. The van der Waals surface area contributed by atoms with Crippen LogP contribution < -0.4 is 5.73 Å². The van der Waals surface area contributed by atoms with E-state index in [4.69, 9.17) is 28.9 Å². The molecule has 80 valence electrons. The molecule has 1 aromatic rings. The quantitative estimate of drug-likeness (QED) is 0.811. The Morgan fingerprint density at radius 1 is 1.29 bits per heavy atom. The Morgan fingerprint density at radius 2 is 1.79 bits per heavy atom. The Balaban J connectivity index is 0.00000169. The van der Waals surface area contributed by atoms with Crippen LogP contribution in [0, 0.1) is 5.82 Å². The highest BCUT2D eigenvalue weighted by Crippen LogP contribution is 2.29. The van der Waals surface area contributed by atoms with Crippen LogP contribution in [0.3, 0.4) is 0 Å². The van der Waals surface area contributed by atoms with Crippen molar-refractivity contribution in [1.29, 1.82) is 0 Å². The molecule has 0 unspecified atom stereocenters. The second kappa shape index (κ2) is 5.71. The first kappa shape index (κ1) is 13.9. The van der Waals surface area contributed by atoms with Crippen LogP contribution in [-0.2, 0) is 0 Å². The van der Waals surface area contributed by atoms with Gasteiger partial charge in [0.05, 0.1) is 11.1 Å². The first-order valence-corrected chi connectivity index (χ1v) is 4.28. The molecule has 0 saturated heterocycles. The molecule has 0 spiro atoms. The van der Waals surface area contributed by atoms with E-state index in [-0.39, 0.29) is 28.0 Å². The van der Waals surface area contributed by atoms with E-state index in [1.165, 1.54) is 12.1 Å². The Labute approximate surface area is 96.6 Å². The van der Waals surface area contributed by atoms with Gasteiger partial charge >= 0.3 is 0 Å². The molecule has 0 radical (unpaired) electrons. The largest absolute Gasteiger partial charge is 0.322 e. The minimum atomic E-state index is -1.06. The fraction of sp³-hybridized carbons (Fsp3) is 0.250. The third-order valence-corrected chi connectivity index (χ3v) is 2.24. The Kier molecular flexibility index (Phi) is 5.67. The van der Waals surface area contributed by atoms with Crippen molar-refractivity contribution in [3.8, 4) is 0 Å². The molecular formula is C8H8Cl3F2N. The van der Waals surface area contributed by atoms with E-state index < -0.39 is 18.5 Å². The van der Waals surface area contributed by atoms with E-state index in [2.05, 4.69) is 0 Å². The van der Waals surface area contributed by atoms with Crippen LogP contribution in [0.1, 0.15) is 11.6 Å². The molecule has 1 nitrogen and oxygen atoms in total. The number of hydrogen-bond acceptors (Lipinski definition) is 1. The van der Waals surface area contributed by atoms with E-state index in [0.29, 0.717) is 0 Å². The minimum absolute atomic E-state index is 0. The first-order chi connectivity index (χ1) is 6.07. The highest BCUT2D eigenvalue weighted by atomic mass is 35.5. The van der Waals surface area contributed by atoms with Gasteiger partial charge in [0.25, 0.3) is 0 Å². The van der Waals surface area contributed by atoms with Gasteiger partial charge in [-0.2, -0.15) is 0 Å². The van der Waals surface area contributed by atoms with Crippen LogP contribution >= 0.6 is 35.6 Å². The second-order valence-electron chi connectivity index (χ2n) is 2.52. The maximum absolute atomic E-state index is 13.2. The standard InChI is InChI=1S/C8H7Cl2F2N.ClH/c9-4-1-2-5(10)8(12)7(4)6(13)3-11;/h1-2,6H,3,13H2;1H/t6-;/m0./s1. The van der Waals surface area contributed by atoms with Crippen LogP contribution in [0.4, 0.5) is 8.78 Å². The molecule has 0 aromatic heterocycles. The number of halogens is 5. The van der Waals surface area contributed by atoms with Crippen molar-refractivity contribution < 1.29 is 8.78 Å². The molecule has 0 bridgehead atoms. The Hall–Kier alpha value is -0.0900. The monoisotopic (exact) mass is 261 g/mol. The predicted octanol–water partition coefficient (Wildman–Crippen LogP) is 3.52. The first-order valence-electron chi connectivity index (χ1n) is 3.53. The van der Waals surface area contributed by atoms with Crippen LogP contribution in [0.5, 0.6) is 0 Å². The molecule has 2 N–H and O–H groups in total. The summed E-state index contributed by atoms with van der Waals surface area (Å²) >= 11 is 11.1. The van der Waals surface area contributed by atoms with E-state index in [0.717, 1.165) is 0 Å². The van der Waals surface area contributed by atoms with Crippen LogP contribution in [-0.4, -0.2) is 6.67 Å². The molecule has 0 saturated carbocycles. The average molecular weight is 263 g/mol. The van der Waals surface area contributed by atoms with Gasteiger partial charge in [-0.05, 0) is 12.1 Å². The van der Waals surface area contributed by atoms with Crippen molar-refractivity contribution in [2.45, 2.75) is 6.04 Å². The van der Waals surface area contributed by atoms with E-state index in [9.17, 15) is 8.78 Å². The van der Waals surface area contributed by atoms with Gasteiger partial charge in [0, 0.05) is 10.6 Å². The summed E-state index contributed by atoms with van der Waals surface area (Å²) in [5.74, 6) is -0.751. The van der Waals surface area contributed by atoms with E-state index in [1.54, 1.807) is 0 Å². The van der Waals surface area contributed by atoms with Gasteiger partial charge in [0.15, 0.2) is 0 Å². The predicted molar refractivity (Wildman–Crippen MR) is 56.6 cm³/mol. The third kappa shape index (κ3) is 2.70. The molecule has 0 aliphatic carbocycles. The molecule has 0 aliphatic heterocycles. The molecule has 0 aliphatic rings. The molecule has 14 heavy (non-hydrogen) atoms. The van der Waals surface area contributed by atoms with Gasteiger partial charge in [-0.15, -0.1) is 12.4 Å². The van der Waals surface area contributed by atoms with E-state index in [1.807, 2.05) is 0 Å². The summed E-state index contributed by atoms with van der Waals surface area (Å²) in [6.07, 6.45) is 0. The number of alkyl halides is 1. The third-order valence-electron chi connectivity index (χ3n) is 1.62. The Morgan fingerprint density at radius 3 is 2.29 bits per heavy atom. The van der Waals surface area contributed by atoms with Crippen molar-refractivity contribution in [1.82, 2.24) is 0 Å². The maximum atomic E-state index is 13.2. The molecule has 6 heteroatoms. The van der Waals surface area contributed by atoms with Gasteiger partial charge in [0.2, 0.25) is 0 Å². The lowest BCUT2D eigenvalue weighted by Gasteiger charge is -2.11. The summed E-state index contributed by atoms with van der Waals surface area (Å²) in [5.41, 5.74) is 5.23. The zero-order chi connectivity index (χ0) is 10.0. The summed E-state index contributed by atoms with van der Waals surface area (Å²) < 4.78 is 25.4. The second-order valence-corrected chi connectivity index (χ2v) is 3.33. The van der Waals surface area contributed by atoms with Gasteiger partial charge in [-0.1, -0.05) is 23.2 Å². The maximum Gasteiger partial charge on any atom is 0.148 e. The van der Waals surface area contributed by atoms with Crippen LogP contribution in [0.2, 0.25) is 10.0 Å². The molecule has 1 rings (SSSR count). The topological polar surface area (TPSA) is 26.0 Å². The summed E-state index contributed by atoms with van der Waals surface area (Å²) in [4.78, 5) is 0. The van der Waals surface area contributed by atoms with Crippen LogP contribution in [0.15, 0.2) is 12.1 Å². The zero-order valence-corrected chi connectivity index (χ0v) is 9.26. The SMILES string of the molecule is Cl.N[C@@H](CF)c1c(Cl)ccc(Cl)c1F. The molecule has 1 atom stereocenters. The molecule has 0 amide bonds. The number of hydrogen-bond donors (Lipinski definition) is 1. The molecule has 0 heterocycles. The molecule has 1 aromatic carbocycles. The van der Waals surface area contributed by atoms with Crippen molar-refractivity contribution in [3.63, 3.8) is 0 Å². The number of benzene rings is 1. The smallest absolute Gasteiger partial charge is 0.148 e. The number of nitrogens with two attached hydrogens (primary N) is 1. The molecular weight excluding hydrogens is 254 g/mol. The summed E-state index contributed by atoms with van der Waals surface area (Å²) in [6.45, 7) is -0.878. The highest BCUT2D eigenvalue weighted by molar-refractivity contribution is 6.33. The minimum Gasteiger partial charge on any atom is -0.322 e. The van der Waals surface area contributed by atoms with Crippen molar-refractivity contribution >= 4 is 35.6 Å². The number of rotatable bonds is 2. The summed E-state index contributed by atoms with van der Waals surface area (Å²) in [5, 5.41) is -0.0182. The summed E-state index contributed by atoms with van der Waals surface area (Å²) in [7, 11) is 0. The van der Waals surface area contributed by atoms with Gasteiger partial charge < -0.3 is 5.73 Å². The van der Waals surface area contributed by atoms with Crippen molar-refractivity contribution in [3.05, 3.63) is 33.6 Å². The van der Waals surface area contributed by atoms with E-state index >= 15 is 0 Å². The van der Waals surface area contributed by atoms with Gasteiger partial charge in [0.1, 0.15) is 12.5 Å². The van der Waals surface area contributed by atoms with Crippen molar-refractivity contribution in [2.24, 2.45) is 5.73 Å². The lowest BCUT2D eigenvalue weighted by atomic mass is 10.1. The average Bonchev–Trinajstić information content (AvgIpc) is 2.12. The fourth-order valence-corrected chi connectivity index (χ4v) is 1.41. The van der Waals surface area contributed by atoms with Gasteiger partial charge in [-0.3, -0.25) is 0 Å². The highest BCUT2D eigenvalue weighted by Gasteiger charge is 2.17. The van der Waals surface area contributed by atoms with Crippen molar-refractivity contribution in [2.75, 3.05) is 6.67 Å². The normalized spacial score (nSPS) is 12.1. The zero-order valence-electron chi connectivity index (χ0n) is 6.94. The molecule has 0 fully saturated rings. The fourth-order valence-electron chi connectivity index (χ4n) is 0.960. The van der Waals surface area contributed by atoms with Gasteiger partial charge in [-0.25, -0.2) is 8.78 Å². The summed E-state index contributed by atoms with van der Waals surface area (Å²) in [6, 6.07) is 1.62.